The summed E-state index contributed by atoms with van der Waals surface area (Å²) in [5.41, 5.74) is 3.40. The Balaban J connectivity index is 1.46. The molecule has 0 bridgehead atoms. The van der Waals surface area contributed by atoms with Crippen molar-refractivity contribution in [2.45, 2.75) is 46.1 Å². The average molecular weight is 410 g/mol. The molecule has 3 aromatic rings. The van der Waals surface area contributed by atoms with Gasteiger partial charge in [-0.3, -0.25) is 9.69 Å². The van der Waals surface area contributed by atoms with Crippen molar-refractivity contribution in [3.05, 3.63) is 70.7 Å². The van der Waals surface area contributed by atoms with E-state index in [0.717, 1.165) is 25.2 Å². The second kappa shape index (κ2) is 8.58. The molecular weight excluding hydrogens is 383 g/mol. The SMILES string of the molecule is Cc1c(C(=O)NCc2ccccc2CN2CC(C)OC(C)C2)oc2ccc(F)cc12. The molecular formula is C24H27FN2O3. The summed E-state index contributed by atoms with van der Waals surface area (Å²) >= 11 is 0. The predicted octanol–water partition coefficient (Wildman–Crippen LogP) is 4.42. The first kappa shape index (κ1) is 20.6. The van der Waals surface area contributed by atoms with Crippen LogP contribution in [0.25, 0.3) is 11.0 Å². The summed E-state index contributed by atoms with van der Waals surface area (Å²) in [6.45, 7) is 8.95. The molecule has 30 heavy (non-hydrogen) atoms. The number of fused-ring (bicyclic) bond motifs is 1. The van der Waals surface area contributed by atoms with Gasteiger partial charge in [-0.15, -0.1) is 0 Å². The molecule has 0 spiro atoms. The molecule has 2 unspecified atom stereocenters. The van der Waals surface area contributed by atoms with Gasteiger partial charge < -0.3 is 14.5 Å². The van der Waals surface area contributed by atoms with Crippen LogP contribution in [-0.2, 0) is 17.8 Å². The number of hydrogen-bond donors (Lipinski definition) is 1. The van der Waals surface area contributed by atoms with Crippen molar-refractivity contribution in [3.8, 4) is 0 Å². The van der Waals surface area contributed by atoms with E-state index in [9.17, 15) is 9.18 Å². The fourth-order valence-electron chi connectivity index (χ4n) is 4.20. The molecule has 5 nitrogen and oxygen atoms in total. The van der Waals surface area contributed by atoms with Crippen LogP contribution in [-0.4, -0.2) is 36.1 Å². The zero-order chi connectivity index (χ0) is 21.3. The Bertz CT molecular complexity index is 1050. The lowest BCUT2D eigenvalue weighted by Crippen LogP contribution is -2.45. The molecule has 0 radical (unpaired) electrons. The van der Waals surface area contributed by atoms with Crippen LogP contribution in [0.5, 0.6) is 0 Å². The van der Waals surface area contributed by atoms with E-state index in [2.05, 4.69) is 30.1 Å². The van der Waals surface area contributed by atoms with Gasteiger partial charge in [0.25, 0.3) is 5.91 Å². The maximum atomic E-state index is 13.5. The van der Waals surface area contributed by atoms with Crippen molar-refractivity contribution in [1.82, 2.24) is 10.2 Å². The topological polar surface area (TPSA) is 54.7 Å². The van der Waals surface area contributed by atoms with E-state index < -0.39 is 0 Å². The van der Waals surface area contributed by atoms with Gasteiger partial charge in [-0.1, -0.05) is 24.3 Å². The third-order valence-corrected chi connectivity index (χ3v) is 5.55. The van der Waals surface area contributed by atoms with Gasteiger partial charge in [0.2, 0.25) is 0 Å². The summed E-state index contributed by atoms with van der Waals surface area (Å²) < 4.78 is 25.0. The van der Waals surface area contributed by atoms with Crippen LogP contribution in [0.3, 0.4) is 0 Å². The van der Waals surface area contributed by atoms with Gasteiger partial charge in [0.15, 0.2) is 5.76 Å². The first-order chi connectivity index (χ1) is 14.4. The van der Waals surface area contributed by atoms with E-state index in [0.29, 0.717) is 23.1 Å². The number of benzene rings is 2. The molecule has 1 aliphatic rings. The first-order valence-electron chi connectivity index (χ1n) is 10.3. The second-order valence-electron chi connectivity index (χ2n) is 8.10. The monoisotopic (exact) mass is 410 g/mol. The van der Waals surface area contributed by atoms with Crippen molar-refractivity contribution < 1.29 is 18.3 Å². The largest absolute Gasteiger partial charge is 0.451 e. The normalized spacial score (nSPS) is 19.9. The van der Waals surface area contributed by atoms with Crippen molar-refractivity contribution in [2.75, 3.05) is 13.1 Å². The molecule has 0 saturated carbocycles. The molecule has 1 saturated heterocycles. The van der Waals surface area contributed by atoms with Crippen LogP contribution >= 0.6 is 0 Å². The number of furan rings is 1. The highest BCUT2D eigenvalue weighted by molar-refractivity contribution is 5.98. The van der Waals surface area contributed by atoms with E-state index in [1.807, 2.05) is 18.2 Å². The highest BCUT2D eigenvalue weighted by Gasteiger charge is 2.23. The molecule has 1 fully saturated rings. The number of amides is 1. The lowest BCUT2D eigenvalue weighted by atomic mass is 10.1. The molecule has 6 heteroatoms. The summed E-state index contributed by atoms with van der Waals surface area (Å²) in [6.07, 6.45) is 0.419. The number of nitrogens with one attached hydrogen (secondary N) is 1. The number of hydrogen-bond acceptors (Lipinski definition) is 4. The van der Waals surface area contributed by atoms with Gasteiger partial charge in [0, 0.05) is 37.1 Å². The number of nitrogens with zero attached hydrogens (tertiary/aromatic N) is 1. The van der Waals surface area contributed by atoms with E-state index in [-0.39, 0.29) is 29.7 Å². The number of carbonyl (C=O) groups is 1. The standard InChI is InChI=1S/C24H27FN2O3/c1-15-12-27(13-16(2)29-15)14-19-7-5-4-6-18(19)11-26-24(28)23-17(3)21-10-20(25)8-9-22(21)30-23/h4-10,15-16H,11-14H2,1-3H3,(H,26,28). The number of halogens is 1. The maximum Gasteiger partial charge on any atom is 0.287 e. The minimum absolute atomic E-state index is 0.210. The molecule has 1 amide bonds. The summed E-state index contributed by atoms with van der Waals surface area (Å²) in [5, 5.41) is 3.58. The van der Waals surface area contributed by atoms with Crippen molar-refractivity contribution in [1.29, 1.82) is 0 Å². The number of ether oxygens (including phenoxy) is 1. The first-order valence-corrected chi connectivity index (χ1v) is 10.3. The summed E-state index contributed by atoms with van der Waals surface area (Å²) in [6, 6.07) is 12.4. The Labute approximate surface area is 175 Å². The molecule has 1 aliphatic heterocycles. The number of morpholine rings is 1. The molecule has 4 rings (SSSR count). The zero-order valence-electron chi connectivity index (χ0n) is 17.6. The Morgan fingerprint density at radius 1 is 1.13 bits per heavy atom. The highest BCUT2D eigenvalue weighted by atomic mass is 19.1. The van der Waals surface area contributed by atoms with Crippen molar-refractivity contribution in [2.24, 2.45) is 0 Å². The van der Waals surface area contributed by atoms with Gasteiger partial charge in [0.05, 0.1) is 12.2 Å². The van der Waals surface area contributed by atoms with E-state index in [1.54, 1.807) is 13.0 Å². The average Bonchev–Trinajstić information content (AvgIpc) is 3.02. The van der Waals surface area contributed by atoms with E-state index in [4.69, 9.17) is 9.15 Å². The Hall–Kier alpha value is -2.70. The smallest absolute Gasteiger partial charge is 0.287 e. The van der Waals surface area contributed by atoms with Crippen LogP contribution in [0.4, 0.5) is 4.39 Å². The summed E-state index contributed by atoms with van der Waals surface area (Å²) in [5.74, 6) is -0.421. The van der Waals surface area contributed by atoms with Gasteiger partial charge >= 0.3 is 0 Å². The van der Waals surface area contributed by atoms with Crippen LogP contribution in [0.1, 0.15) is 41.1 Å². The minimum atomic E-state index is -0.348. The Morgan fingerprint density at radius 2 is 1.83 bits per heavy atom. The molecule has 2 aromatic carbocycles. The molecule has 2 atom stereocenters. The second-order valence-corrected chi connectivity index (χ2v) is 8.10. The number of rotatable bonds is 5. The van der Waals surface area contributed by atoms with Crippen LogP contribution in [0.15, 0.2) is 46.9 Å². The van der Waals surface area contributed by atoms with E-state index in [1.165, 1.54) is 17.7 Å². The third-order valence-electron chi connectivity index (χ3n) is 5.55. The van der Waals surface area contributed by atoms with Crippen LogP contribution in [0.2, 0.25) is 0 Å². The zero-order valence-corrected chi connectivity index (χ0v) is 17.6. The lowest BCUT2D eigenvalue weighted by Gasteiger charge is -2.35. The number of aryl methyl sites for hydroxylation is 1. The van der Waals surface area contributed by atoms with Crippen molar-refractivity contribution in [3.63, 3.8) is 0 Å². The predicted molar refractivity (Wildman–Crippen MR) is 114 cm³/mol. The minimum Gasteiger partial charge on any atom is -0.451 e. The maximum absolute atomic E-state index is 13.5. The van der Waals surface area contributed by atoms with Crippen LogP contribution in [0, 0.1) is 12.7 Å². The lowest BCUT2D eigenvalue weighted by molar-refractivity contribution is -0.0705. The van der Waals surface area contributed by atoms with Gasteiger partial charge in [-0.2, -0.15) is 0 Å². The quantitative estimate of drug-likeness (QED) is 0.677. The summed E-state index contributed by atoms with van der Waals surface area (Å²) in [7, 11) is 0. The molecule has 0 aliphatic carbocycles. The fourth-order valence-corrected chi connectivity index (χ4v) is 4.20. The van der Waals surface area contributed by atoms with E-state index >= 15 is 0 Å². The molecule has 158 valence electrons. The molecule has 2 heterocycles. The van der Waals surface area contributed by atoms with Gasteiger partial charge in [0.1, 0.15) is 11.4 Å². The fraction of sp³-hybridized carbons (Fsp3) is 0.375. The number of carbonyl (C=O) groups excluding carboxylic acids is 1. The van der Waals surface area contributed by atoms with Gasteiger partial charge in [-0.05, 0) is 50.1 Å². The third kappa shape index (κ3) is 4.40. The summed E-state index contributed by atoms with van der Waals surface area (Å²) in [4.78, 5) is 15.1. The van der Waals surface area contributed by atoms with Crippen LogP contribution < -0.4 is 5.32 Å². The molecule has 1 aromatic heterocycles. The van der Waals surface area contributed by atoms with Crippen molar-refractivity contribution >= 4 is 16.9 Å². The molecule has 1 N–H and O–H groups in total. The highest BCUT2D eigenvalue weighted by Crippen LogP contribution is 2.26. The van der Waals surface area contributed by atoms with Gasteiger partial charge in [-0.25, -0.2) is 4.39 Å². The Kier molecular flexibility index (Phi) is 5.88. The Morgan fingerprint density at radius 3 is 2.57 bits per heavy atom.